The summed E-state index contributed by atoms with van der Waals surface area (Å²) >= 11 is 11.5. The van der Waals surface area contributed by atoms with Gasteiger partial charge in [0.05, 0.1) is 10.0 Å². The van der Waals surface area contributed by atoms with Crippen molar-refractivity contribution in [1.29, 1.82) is 0 Å². The van der Waals surface area contributed by atoms with Crippen LogP contribution in [-0.2, 0) is 9.59 Å². The number of carbonyl (C=O) groups is 2. The number of nitrogens with one attached hydrogen (secondary N) is 2. The molecule has 2 aromatic rings. The van der Waals surface area contributed by atoms with Gasteiger partial charge >= 0.3 is 11.8 Å². The van der Waals surface area contributed by atoms with Crippen LogP contribution in [0, 0.1) is 11.6 Å². The lowest BCUT2D eigenvalue weighted by molar-refractivity contribution is -0.133. The highest BCUT2D eigenvalue weighted by Gasteiger charge is 2.15. The third kappa shape index (κ3) is 3.93. The van der Waals surface area contributed by atoms with Gasteiger partial charge in [-0.2, -0.15) is 0 Å². The van der Waals surface area contributed by atoms with Gasteiger partial charge in [-0.15, -0.1) is 0 Å². The largest absolute Gasteiger partial charge is 0.318 e. The Morgan fingerprint density at radius 1 is 0.773 bits per heavy atom. The van der Waals surface area contributed by atoms with E-state index in [1.165, 1.54) is 18.2 Å². The molecule has 0 saturated carbocycles. The smallest absolute Gasteiger partial charge is 0.314 e. The summed E-state index contributed by atoms with van der Waals surface area (Å²) in [6.07, 6.45) is 0. The quantitative estimate of drug-likeness (QED) is 0.813. The SMILES string of the molecule is O=C(Nc1ccc(F)c(F)c1)C(=O)Nc1ccc(Cl)c(Cl)c1. The van der Waals surface area contributed by atoms with Crippen LogP contribution < -0.4 is 10.6 Å². The van der Waals surface area contributed by atoms with Crippen LogP contribution in [0.3, 0.4) is 0 Å². The van der Waals surface area contributed by atoms with Gasteiger partial charge in [0.25, 0.3) is 0 Å². The minimum atomic E-state index is -1.14. The van der Waals surface area contributed by atoms with Crippen molar-refractivity contribution in [2.24, 2.45) is 0 Å². The summed E-state index contributed by atoms with van der Waals surface area (Å²) in [5.41, 5.74) is 0.216. The molecule has 4 nitrogen and oxygen atoms in total. The number of rotatable bonds is 2. The molecule has 22 heavy (non-hydrogen) atoms. The molecule has 2 aromatic carbocycles. The average molecular weight is 345 g/mol. The van der Waals surface area contributed by atoms with E-state index in [2.05, 4.69) is 10.6 Å². The summed E-state index contributed by atoms with van der Waals surface area (Å²) in [5.74, 6) is -4.24. The first-order chi connectivity index (χ1) is 10.4. The lowest BCUT2D eigenvalue weighted by Gasteiger charge is -2.07. The fourth-order valence-electron chi connectivity index (χ4n) is 1.52. The molecular weight excluding hydrogens is 337 g/mol. The molecule has 0 fully saturated rings. The van der Waals surface area contributed by atoms with Crippen molar-refractivity contribution in [3.63, 3.8) is 0 Å². The maximum absolute atomic E-state index is 13.0. The first-order valence-corrected chi connectivity index (χ1v) is 6.65. The van der Waals surface area contributed by atoms with E-state index >= 15 is 0 Å². The molecule has 0 radical (unpaired) electrons. The van der Waals surface area contributed by atoms with E-state index in [4.69, 9.17) is 23.2 Å². The van der Waals surface area contributed by atoms with Crippen LogP contribution >= 0.6 is 23.2 Å². The Morgan fingerprint density at radius 2 is 1.32 bits per heavy atom. The van der Waals surface area contributed by atoms with Gasteiger partial charge in [0.15, 0.2) is 11.6 Å². The number of amides is 2. The van der Waals surface area contributed by atoms with Crippen molar-refractivity contribution in [3.05, 3.63) is 58.1 Å². The van der Waals surface area contributed by atoms with Crippen LogP contribution in [0.4, 0.5) is 20.2 Å². The second-order valence-electron chi connectivity index (χ2n) is 4.17. The van der Waals surface area contributed by atoms with Gasteiger partial charge in [0, 0.05) is 17.4 Å². The van der Waals surface area contributed by atoms with Crippen LogP contribution in [-0.4, -0.2) is 11.8 Å². The average Bonchev–Trinajstić information content (AvgIpc) is 2.46. The van der Waals surface area contributed by atoms with Crippen LogP contribution in [0.5, 0.6) is 0 Å². The zero-order valence-electron chi connectivity index (χ0n) is 10.8. The molecule has 0 aromatic heterocycles. The van der Waals surface area contributed by atoms with Crippen molar-refractivity contribution in [2.45, 2.75) is 0 Å². The number of anilines is 2. The molecule has 2 N–H and O–H groups in total. The zero-order chi connectivity index (χ0) is 16.3. The van der Waals surface area contributed by atoms with E-state index < -0.39 is 23.4 Å². The van der Waals surface area contributed by atoms with Crippen molar-refractivity contribution >= 4 is 46.4 Å². The molecular formula is C14H8Cl2F2N2O2. The van der Waals surface area contributed by atoms with Crippen LogP contribution in [0.15, 0.2) is 36.4 Å². The van der Waals surface area contributed by atoms with Gasteiger partial charge < -0.3 is 10.6 Å². The Balaban J connectivity index is 2.04. The van der Waals surface area contributed by atoms with E-state index in [0.717, 1.165) is 18.2 Å². The molecule has 0 unspecified atom stereocenters. The monoisotopic (exact) mass is 344 g/mol. The fraction of sp³-hybridized carbons (Fsp3) is 0. The molecule has 0 aliphatic heterocycles. The van der Waals surface area contributed by atoms with Gasteiger partial charge in [0.2, 0.25) is 0 Å². The molecule has 0 bridgehead atoms. The first-order valence-electron chi connectivity index (χ1n) is 5.89. The Kier molecular flexibility index (Phi) is 4.95. The molecule has 0 atom stereocenters. The molecule has 2 amide bonds. The molecule has 0 heterocycles. The second kappa shape index (κ2) is 6.72. The predicted octanol–water partition coefficient (Wildman–Crippen LogP) is 3.85. The molecule has 0 saturated heterocycles. The van der Waals surface area contributed by atoms with E-state index in [1.54, 1.807) is 0 Å². The summed E-state index contributed by atoms with van der Waals surface area (Å²) in [7, 11) is 0. The van der Waals surface area contributed by atoms with Crippen molar-refractivity contribution in [1.82, 2.24) is 0 Å². The summed E-state index contributed by atoms with van der Waals surface area (Å²) in [6, 6.07) is 7.00. The van der Waals surface area contributed by atoms with Crippen molar-refractivity contribution in [3.8, 4) is 0 Å². The topological polar surface area (TPSA) is 58.2 Å². The summed E-state index contributed by atoms with van der Waals surface area (Å²) in [5, 5.41) is 4.94. The van der Waals surface area contributed by atoms with E-state index in [0.29, 0.717) is 5.02 Å². The van der Waals surface area contributed by atoms with E-state index in [-0.39, 0.29) is 16.4 Å². The van der Waals surface area contributed by atoms with Crippen LogP contribution in [0.2, 0.25) is 10.0 Å². The Hall–Kier alpha value is -2.18. The Bertz CT molecular complexity index is 690. The number of benzene rings is 2. The number of hydrogen-bond acceptors (Lipinski definition) is 2. The molecule has 8 heteroatoms. The highest BCUT2D eigenvalue weighted by atomic mass is 35.5. The van der Waals surface area contributed by atoms with Crippen LogP contribution in [0.1, 0.15) is 0 Å². The minimum Gasteiger partial charge on any atom is -0.318 e. The molecule has 114 valence electrons. The van der Waals surface area contributed by atoms with Gasteiger partial charge in [-0.3, -0.25) is 9.59 Å². The normalized spacial score (nSPS) is 10.2. The van der Waals surface area contributed by atoms with Crippen molar-refractivity contribution < 1.29 is 18.4 Å². The third-order valence-electron chi connectivity index (χ3n) is 2.56. The lowest BCUT2D eigenvalue weighted by Crippen LogP contribution is -2.29. The number of hydrogen-bond donors (Lipinski definition) is 2. The second-order valence-corrected chi connectivity index (χ2v) is 4.98. The van der Waals surface area contributed by atoms with Gasteiger partial charge in [-0.05, 0) is 30.3 Å². The standard InChI is InChI=1S/C14H8Cl2F2N2O2/c15-9-3-1-7(5-10(9)16)19-13(21)14(22)20-8-2-4-11(17)12(18)6-8/h1-6H,(H,19,21)(H,20,22). The van der Waals surface area contributed by atoms with Crippen molar-refractivity contribution in [2.75, 3.05) is 10.6 Å². The first kappa shape index (κ1) is 16.2. The lowest BCUT2D eigenvalue weighted by atomic mass is 10.3. The molecule has 2 rings (SSSR count). The predicted molar refractivity (Wildman–Crippen MR) is 80.1 cm³/mol. The summed E-state index contributed by atoms with van der Waals surface area (Å²) in [4.78, 5) is 23.4. The minimum absolute atomic E-state index is 0.0480. The van der Waals surface area contributed by atoms with Crippen LogP contribution in [0.25, 0.3) is 0 Å². The maximum Gasteiger partial charge on any atom is 0.314 e. The fourth-order valence-corrected chi connectivity index (χ4v) is 1.82. The Morgan fingerprint density at radius 3 is 1.86 bits per heavy atom. The molecule has 0 aliphatic carbocycles. The van der Waals surface area contributed by atoms with Gasteiger partial charge in [-0.25, -0.2) is 8.78 Å². The molecule has 0 aliphatic rings. The van der Waals surface area contributed by atoms with E-state index in [1.807, 2.05) is 0 Å². The highest BCUT2D eigenvalue weighted by molar-refractivity contribution is 6.44. The Labute approximate surface area is 134 Å². The number of halogens is 4. The maximum atomic E-state index is 13.0. The van der Waals surface area contributed by atoms with E-state index in [9.17, 15) is 18.4 Å². The van der Waals surface area contributed by atoms with Gasteiger partial charge in [-0.1, -0.05) is 23.2 Å². The van der Waals surface area contributed by atoms with Gasteiger partial charge in [0.1, 0.15) is 0 Å². The summed E-state index contributed by atoms with van der Waals surface area (Å²) in [6.45, 7) is 0. The summed E-state index contributed by atoms with van der Waals surface area (Å²) < 4.78 is 25.8. The zero-order valence-corrected chi connectivity index (χ0v) is 12.3. The highest BCUT2D eigenvalue weighted by Crippen LogP contribution is 2.25. The third-order valence-corrected chi connectivity index (χ3v) is 3.30. The number of carbonyl (C=O) groups excluding carboxylic acids is 2. The molecule has 0 spiro atoms.